The van der Waals surface area contributed by atoms with Crippen molar-refractivity contribution in [1.82, 2.24) is 20.0 Å². The molecule has 1 amide bonds. The van der Waals surface area contributed by atoms with Crippen LogP contribution in [0.3, 0.4) is 0 Å². The van der Waals surface area contributed by atoms with Gasteiger partial charge >= 0.3 is 0 Å². The number of hydrogen-bond donors (Lipinski definition) is 1. The highest BCUT2D eigenvalue weighted by Crippen LogP contribution is 2.25. The number of carbonyl (C=O) groups is 1. The van der Waals surface area contributed by atoms with Gasteiger partial charge in [0.15, 0.2) is 10.8 Å². The standard InChI is InChI=1S/C19H14ClN5OS/c1-12-17(23-24-25(12)15-9-5-8-14(20)10-15)18(26)22-19-21-16(11-27-19)13-6-3-2-4-7-13/h2-11H,1H3,(H,21,22,26). The Morgan fingerprint density at radius 3 is 2.74 bits per heavy atom. The summed E-state index contributed by atoms with van der Waals surface area (Å²) in [5.74, 6) is -0.352. The van der Waals surface area contributed by atoms with Gasteiger partial charge in [-0.15, -0.1) is 16.4 Å². The normalized spacial score (nSPS) is 10.7. The predicted octanol–water partition coefficient (Wildman–Crippen LogP) is 4.60. The molecule has 0 saturated heterocycles. The van der Waals surface area contributed by atoms with Gasteiger partial charge in [0, 0.05) is 16.0 Å². The van der Waals surface area contributed by atoms with Crippen molar-refractivity contribution >= 4 is 34.0 Å². The molecule has 0 aliphatic carbocycles. The van der Waals surface area contributed by atoms with Gasteiger partial charge in [0.2, 0.25) is 0 Å². The van der Waals surface area contributed by atoms with Crippen molar-refractivity contribution in [1.29, 1.82) is 0 Å². The molecule has 2 heterocycles. The van der Waals surface area contributed by atoms with Crippen LogP contribution < -0.4 is 5.32 Å². The number of halogens is 1. The number of carbonyl (C=O) groups excluding carboxylic acids is 1. The SMILES string of the molecule is Cc1c(C(=O)Nc2nc(-c3ccccc3)cs2)nnn1-c1cccc(Cl)c1. The van der Waals surface area contributed by atoms with Crippen LogP contribution in [0.2, 0.25) is 5.02 Å². The number of thiazole rings is 1. The molecule has 6 nitrogen and oxygen atoms in total. The molecule has 0 unspecified atom stereocenters. The third-order valence-electron chi connectivity index (χ3n) is 3.96. The fraction of sp³-hybridized carbons (Fsp3) is 0.0526. The van der Waals surface area contributed by atoms with E-state index in [9.17, 15) is 4.79 Å². The van der Waals surface area contributed by atoms with Crippen LogP contribution in [0.25, 0.3) is 16.9 Å². The van der Waals surface area contributed by atoms with Crippen LogP contribution in [-0.2, 0) is 0 Å². The van der Waals surface area contributed by atoms with Gasteiger partial charge in [-0.25, -0.2) is 9.67 Å². The maximum absolute atomic E-state index is 12.6. The Hall–Kier alpha value is -3.03. The van der Waals surface area contributed by atoms with Gasteiger partial charge < -0.3 is 0 Å². The van der Waals surface area contributed by atoms with Gasteiger partial charge in [-0.1, -0.05) is 53.2 Å². The molecule has 8 heteroatoms. The quantitative estimate of drug-likeness (QED) is 0.547. The minimum Gasteiger partial charge on any atom is -0.296 e. The zero-order valence-corrected chi connectivity index (χ0v) is 15.8. The summed E-state index contributed by atoms with van der Waals surface area (Å²) in [5.41, 5.74) is 3.42. The fourth-order valence-electron chi connectivity index (χ4n) is 2.62. The zero-order valence-electron chi connectivity index (χ0n) is 14.3. The summed E-state index contributed by atoms with van der Waals surface area (Å²) in [4.78, 5) is 17.1. The van der Waals surface area contributed by atoms with E-state index in [0.29, 0.717) is 15.8 Å². The molecule has 4 aromatic rings. The Labute approximate surface area is 164 Å². The van der Waals surface area contributed by atoms with Gasteiger partial charge in [-0.3, -0.25) is 10.1 Å². The minimum absolute atomic E-state index is 0.242. The van der Waals surface area contributed by atoms with Crippen LogP contribution in [0.15, 0.2) is 60.0 Å². The Balaban J connectivity index is 1.55. The molecule has 0 aliphatic heterocycles. The molecular formula is C19H14ClN5OS. The highest BCUT2D eigenvalue weighted by atomic mass is 35.5. The van der Waals surface area contributed by atoms with Crippen LogP contribution >= 0.6 is 22.9 Å². The Morgan fingerprint density at radius 2 is 1.96 bits per heavy atom. The summed E-state index contributed by atoms with van der Waals surface area (Å²) in [5, 5.41) is 13.9. The van der Waals surface area contributed by atoms with Crippen molar-refractivity contribution in [3.8, 4) is 16.9 Å². The average Bonchev–Trinajstić information content (AvgIpc) is 3.29. The molecule has 27 heavy (non-hydrogen) atoms. The van der Waals surface area contributed by atoms with E-state index in [1.54, 1.807) is 23.7 Å². The van der Waals surface area contributed by atoms with Crippen molar-refractivity contribution in [3.63, 3.8) is 0 Å². The van der Waals surface area contributed by atoms with Crippen LogP contribution in [0.4, 0.5) is 5.13 Å². The first kappa shape index (κ1) is 17.4. The zero-order chi connectivity index (χ0) is 18.8. The molecule has 0 bridgehead atoms. The second-order valence-electron chi connectivity index (χ2n) is 5.77. The number of nitrogens with zero attached hydrogens (tertiary/aromatic N) is 4. The van der Waals surface area contributed by atoms with Crippen LogP contribution in [0.1, 0.15) is 16.2 Å². The lowest BCUT2D eigenvalue weighted by molar-refractivity contribution is 0.102. The number of hydrogen-bond acceptors (Lipinski definition) is 5. The molecular weight excluding hydrogens is 382 g/mol. The lowest BCUT2D eigenvalue weighted by Crippen LogP contribution is -2.14. The summed E-state index contributed by atoms with van der Waals surface area (Å²) >= 11 is 7.39. The van der Waals surface area contributed by atoms with Gasteiger partial charge in [0.1, 0.15) is 0 Å². The van der Waals surface area contributed by atoms with Gasteiger partial charge in [0.05, 0.1) is 17.1 Å². The molecule has 0 aliphatic rings. The largest absolute Gasteiger partial charge is 0.296 e. The van der Waals surface area contributed by atoms with Crippen molar-refractivity contribution in [3.05, 3.63) is 76.4 Å². The predicted molar refractivity (Wildman–Crippen MR) is 107 cm³/mol. The van der Waals surface area contributed by atoms with Gasteiger partial charge in [-0.2, -0.15) is 0 Å². The Kier molecular flexibility index (Phi) is 4.70. The first-order chi connectivity index (χ1) is 13.1. The number of benzene rings is 2. The lowest BCUT2D eigenvalue weighted by atomic mass is 10.2. The molecule has 2 aromatic heterocycles. The summed E-state index contributed by atoms with van der Waals surface area (Å²) < 4.78 is 1.58. The van der Waals surface area contributed by atoms with E-state index in [1.165, 1.54) is 11.3 Å². The molecule has 2 aromatic carbocycles. The topological polar surface area (TPSA) is 72.7 Å². The fourth-order valence-corrected chi connectivity index (χ4v) is 3.52. The van der Waals surface area contributed by atoms with Gasteiger partial charge in [-0.05, 0) is 25.1 Å². The molecule has 0 spiro atoms. The first-order valence-electron chi connectivity index (χ1n) is 8.12. The van der Waals surface area contributed by atoms with E-state index >= 15 is 0 Å². The molecule has 0 radical (unpaired) electrons. The maximum Gasteiger partial charge on any atom is 0.279 e. The van der Waals surface area contributed by atoms with E-state index in [4.69, 9.17) is 11.6 Å². The van der Waals surface area contributed by atoms with E-state index in [1.807, 2.05) is 47.8 Å². The van der Waals surface area contributed by atoms with Crippen LogP contribution in [-0.4, -0.2) is 25.9 Å². The molecule has 4 rings (SSSR count). The molecule has 0 fully saturated rings. The van der Waals surface area contributed by atoms with E-state index in [-0.39, 0.29) is 11.6 Å². The second kappa shape index (κ2) is 7.30. The number of amides is 1. The van der Waals surface area contributed by atoms with Crippen molar-refractivity contribution in [2.45, 2.75) is 6.92 Å². The third-order valence-corrected chi connectivity index (χ3v) is 4.95. The number of anilines is 1. The maximum atomic E-state index is 12.6. The molecule has 0 saturated carbocycles. The average molecular weight is 396 g/mol. The van der Waals surface area contributed by atoms with E-state index in [2.05, 4.69) is 20.6 Å². The van der Waals surface area contributed by atoms with Crippen molar-refractivity contribution < 1.29 is 4.79 Å². The highest BCUT2D eigenvalue weighted by Gasteiger charge is 2.19. The number of rotatable bonds is 4. The highest BCUT2D eigenvalue weighted by molar-refractivity contribution is 7.14. The summed E-state index contributed by atoms with van der Waals surface area (Å²) in [6.07, 6.45) is 0. The smallest absolute Gasteiger partial charge is 0.279 e. The molecule has 1 N–H and O–H groups in total. The second-order valence-corrected chi connectivity index (χ2v) is 7.07. The lowest BCUT2D eigenvalue weighted by Gasteiger charge is -2.04. The molecule has 134 valence electrons. The minimum atomic E-state index is -0.352. The Morgan fingerprint density at radius 1 is 1.15 bits per heavy atom. The van der Waals surface area contributed by atoms with Crippen molar-refractivity contribution in [2.75, 3.05) is 5.32 Å². The summed E-state index contributed by atoms with van der Waals surface area (Å²) in [7, 11) is 0. The van der Waals surface area contributed by atoms with Crippen molar-refractivity contribution in [2.24, 2.45) is 0 Å². The summed E-state index contributed by atoms with van der Waals surface area (Å²) in [6, 6.07) is 17.0. The van der Waals surface area contributed by atoms with E-state index < -0.39 is 0 Å². The monoisotopic (exact) mass is 395 g/mol. The van der Waals surface area contributed by atoms with E-state index in [0.717, 1.165) is 16.9 Å². The third kappa shape index (κ3) is 3.60. The molecule has 0 atom stereocenters. The number of aromatic nitrogens is 4. The van der Waals surface area contributed by atoms with Gasteiger partial charge in [0.25, 0.3) is 5.91 Å². The summed E-state index contributed by atoms with van der Waals surface area (Å²) in [6.45, 7) is 1.78. The first-order valence-corrected chi connectivity index (χ1v) is 9.38. The Bertz CT molecular complexity index is 1110. The van der Waals surface area contributed by atoms with Crippen LogP contribution in [0.5, 0.6) is 0 Å². The van der Waals surface area contributed by atoms with Crippen LogP contribution in [0, 0.1) is 6.92 Å². The number of nitrogens with one attached hydrogen (secondary N) is 1.